The molecule has 0 aromatic heterocycles. The molecule has 11 heteroatoms. The number of benzene rings is 2. The van der Waals surface area contributed by atoms with Crippen LogP contribution in [0.3, 0.4) is 0 Å². The maximum Gasteiger partial charge on any atom is 0.415 e. The molecule has 1 heterocycles. The van der Waals surface area contributed by atoms with Crippen LogP contribution in [0.4, 0.5) is 4.79 Å². The summed E-state index contributed by atoms with van der Waals surface area (Å²) >= 11 is 0. The van der Waals surface area contributed by atoms with Crippen LogP contribution in [0.2, 0.25) is 0 Å². The Hall–Kier alpha value is -3.63. The maximum absolute atomic E-state index is 12.9. The Balaban J connectivity index is 0.00000616. The molecular weight excluding hydrogens is 560 g/mol. The number of carbonyl (C=O) groups is 4. The summed E-state index contributed by atoms with van der Waals surface area (Å²) in [6.45, 7) is 10.8. The molecule has 10 nitrogen and oxygen atoms in total. The van der Waals surface area contributed by atoms with E-state index in [2.05, 4.69) is 5.32 Å². The Kier molecular flexibility index (Phi) is 12.8. The molecule has 3 rings (SSSR count). The number of piperazine rings is 1. The summed E-state index contributed by atoms with van der Waals surface area (Å²) in [7, 11) is 0. The third-order valence-corrected chi connectivity index (χ3v) is 6.48. The summed E-state index contributed by atoms with van der Waals surface area (Å²) < 4.78 is 11.1. The average Bonchev–Trinajstić information content (AvgIpc) is 2.92. The van der Waals surface area contributed by atoms with Crippen molar-refractivity contribution in [2.24, 2.45) is 11.7 Å². The van der Waals surface area contributed by atoms with E-state index < -0.39 is 35.7 Å². The van der Waals surface area contributed by atoms with Crippen LogP contribution >= 0.6 is 12.4 Å². The number of halogens is 1. The maximum atomic E-state index is 12.9. The number of ether oxygens (including phenoxy) is 2. The van der Waals surface area contributed by atoms with E-state index in [9.17, 15) is 19.2 Å². The normalized spacial score (nSPS) is 14.8. The largest absolute Gasteiger partial charge is 0.458 e. The third kappa shape index (κ3) is 10.6. The highest BCUT2D eigenvalue weighted by Gasteiger charge is 2.29. The van der Waals surface area contributed by atoms with Gasteiger partial charge in [-0.1, -0.05) is 44.2 Å². The Morgan fingerprint density at radius 1 is 0.905 bits per heavy atom. The average molecular weight is 603 g/mol. The molecule has 3 amide bonds. The number of amides is 3. The standard InChI is InChI=1S/C31H42N4O6.ClH/c1-21(2)19-25(32)27(36)33-26(29(38)41-31(3,4)5)20-22-11-13-24(14-12-22)40-30(39)35-17-15-34(16-18-35)28(37)23-9-7-6-8-10-23;/h6-14,21,25-26H,15-20,32H2,1-5H3,(H,33,36);1H/t25-,26-;/m0./s1. The topological polar surface area (TPSA) is 131 Å². The lowest BCUT2D eigenvalue weighted by Crippen LogP contribution is -2.51. The highest BCUT2D eigenvalue weighted by atomic mass is 35.5. The summed E-state index contributed by atoms with van der Waals surface area (Å²) in [5.41, 5.74) is 6.67. The second kappa shape index (κ2) is 15.6. The first-order valence-electron chi connectivity index (χ1n) is 14.0. The van der Waals surface area contributed by atoms with Gasteiger partial charge in [0.05, 0.1) is 6.04 Å². The number of nitrogens with zero attached hydrogens (tertiary/aromatic N) is 2. The van der Waals surface area contributed by atoms with Gasteiger partial charge in [0.15, 0.2) is 0 Å². The second-order valence-electron chi connectivity index (χ2n) is 11.7. The van der Waals surface area contributed by atoms with Crippen molar-refractivity contribution in [3.63, 3.8) is 0 Å². The van der Waals surface area contributed by atoms with Gasteiger partial charge in [-0.05, 0) is 62.9 Å². The quantitative estimate of drug-likeness (QED) is 0.417. The number of rotatable bonds is 9. The Labute approximate surface area is 254 Å². The molecule has 1 aliphatic rings. The summed E-state index contributed by atoms with van der Waals surface area (Å²) in [4.78, 5) is 54.3. The monoisotopic (exact) mass is 602 g/mol. The van der Waals surface area contributed by atoms with E-state index >= 15 is 0 Å². The Bertz CT molecular complexity index is 1190. The number of hydrogen-bond acceptors (Lipinski definition) is 7. The van der Waals surface area contributed by atoms with Gasteiger partial charge >= 0.3 is 12.1 Å². The van der Waals surface area contributed by atoms with E-state index in [1.165, 1.54) is 0 Å². The number of carbonyl (C=O) groups excluding carboxylic acids is 4. The van der Waals surface area contributed by atoms with Gasteiger partial charge in [-0.2, -0.15) is 0 Å². The van der Waals surface area contributed by atoms with Crippen LogP contribution in [0.5, 0.6) is 5.75 Å². The molecule has 2 atom stereocenters. The summed E-state index contributed by atoms with van der Waals surface area (Å²) in [5, 5.41) is 2.75. The van der Waals surface area contributed by atoms with Gasteiger partial charge in [0, 0.05) is 38.2 Å². The lowest BCUT2D eigenvalue weighted by molar-refractivity contribution is -0.158. The summed E-state index contributed by atoms with van der Waals surface area (Å²) in [5.74, 6) is -0.448. The molecule has 1 saturated heterocycles. The van der Waals surface area contributed by atoms with Gasteiger partial charge in [0.1, 0.15) is 17.4 Å². The van der Waals surface area contributed by atoms with Crippen molar-refractivity contribution in [3.05, 3.63) is 65.7 Å². The third-order valence-electron chi connectivity index (χ3n) is 6.48. The van der Waals surface area contributed by atoms with Crippen molar-refractivity contribution in [2.45, 2.75) is 65.1 Å². The van der Waals surface area contributed by atoms with Crippen molar-refractivity contribution in [2.75, 3.05) is 26.2 Å². The highest BCUT2D eigenvalue weighted by Crippen LogP contribution is 2.18. The zero-order valence-corrected chi connectivity index (χ0v) is 25.8. The van der Waals surface area contributed by atoms with E-state index in [4.69, 9.17) is 15.2 Å². The van der Waals surface area contributed by atoms with E-state index in [-0.39, 0.29) is 30.7 Å². The highest BCUT2D eigenvalue weighted by molar-refractivity contribution is 5.94. The molecule has 1 fully saturated rings. The summed E-state index contributed by atoms with van der Waals surface area (Å²) in [6, 6.07) is 14.1. The van der Waals surface area contributed by atoms with Crippen LogP contribution in [-0.2, 0) is 20.7 Å². The molecule has 0 aliphatic carbocycles. The molecule has 2 aromatic carbocycles. The van der Waals surface area contributed by atoms with E-state index in [1.54, 1.807) is 67.0 Å². The molecule has 0 spiro atoms. The summed E-state index contributed by atoms with van der Waals surface area (Å²) in [6.07, 6.45) is 0.175. The predicted molar refractivity (Wildman–Crippen MR) is 163 cm³/mol. The van der Waals surface area contributed by atoms with Gasteiger partial charge in [-0.15, -0.1) is 12.4 Å². The van der Waals surface area contributed by atoms with Gasteiger partial charge < -0.3 is 30.3 Å². The van der Waals surface area contributed by atoms with Crippen LogP contribution < -0.4 is 15.8 Å². The molecule has 2 aromatic rings. The first-order valence-corrected chi connectivity index (χ1v) is 14.0. The minimum absolute atomic E-state index is 0. The fraction of sp³-hybridized carbons (Fsp3) is 0.484. The molecule has 0 unspecified atom stereocenters. The zero-order valence-electron chi connectivity index (χ0n) is 25.0. The first kappa shape index (κ1) is 34.6. The van der Waals surface area contributed by atoms with Crippen molar-refractivity contribution in [3.8, 4) is 5.75 Å². The molecule has 0 saturated carbocycles. The number of nitrogens with one attached hydrogen (secondary N) is 1. The van der Waals surface area contributed by atoms with E-state index in [1.807, 2.05) is 32.0 Å². The minimum Gasteiger partial charge on any atom is -0.458 e. The van der Waals surface area contributed by atoms with Gasteiger partial charge in [0.2, 0.25) is 5.91 Å². The van der Waals surface area contributed by atoms with E-state index in [0.717, 1.165) is 5.56 Å². The number of esters is 1. The van der Waals surface area contributed by atoms with Crippen LogP contribution in [0, 0.1) is 5.92 Å². The van der Waals surface area contributed by atoms with Crippen molar-refractivity contribution < 1.29 is 28.7 Å². The Morgan fingerprint density at radius 3 is 2.02 bits per heavy atom. The fourth-order valence-electron chi connectivity index (χ4n) is 4.41. The minimum atomic E-state index is -0.928. The smallest absolute Gasteiger partial charge is 0.415 e. The lowest BCUT2D eigenvalue weighted by atomic mass is 10.0. The molecule has 230 valence electrons. The molecule has 1 aliphatic heterocycles. The SMILES string of the molecule is CC(C)C[C@H](N)C(=O)N[C@@H](Cc1ccc(OC(=O)N2CCN(C(=O)c3ccccc3)CC2)cc1)C(=O)OC(C)(C)C.Cl. The lowest BCUT2D eigenvalue weighted by Gasteiger charge is -2.34. The molecule has 0 bridgehead atoms. The molecule has 3 N–H and O–H groups in total. The number of nitrogens with two attached hydrogens (primary N) is 1. The zero-order chi connectivity index (χ0) is 30.2. The van der Waals surface area contributed by atoms with Crippen LogP contribution in [0.25, 0.3) is 0 Å². The van der Waals surface area contributed by atoms with Gasteiger partial charge in [-0.3, -0.25) is 9.59 Å². The first-order chi connectivity index (χ1) is 19.3. The van der Waals surface area contributed by atoms with Crippen LogP contribution in [0.1, 0.15) is 57.0 Å². The molecular formula is C31H43ClN4O6. The second-order valence-corrected chi connectivity index (χ2v) is 11.7. The van der Waals surface area contributed by atoms with Crippen molar-refractivity contribution in [1.82, 2.24) is 15.1 Å². The Morgan fingerprint density at radius 2 is 1.48 bits per heavy atom. The van der Waals surface area contributed by atoms with Gasteiger partial charge in [0.25, 0.3) is 5.91 Å². The molecule has 0 radical (unpaired) electrons. The van der Waals surface area contributed by atoms with Crippen molar-refractivity contribution in [1.29, 1.82) is 0 Å². The predicted octanol–water partition coefficient (Wildman–Crippen LogP) is 3.81. The fourth-order valence-corrected chi connectivity index (χ4v) is 4.41. The van der Waals surface area contributed by atoms with E-state index in [0.29, 0.717) is 43.9 Å². The van der Waals surface area contributed by atoms with Crippen LogP contribution in [0.15, 0.2) is 54.6 Å². The van der Waals surface area contributed by atoms with Gasteiger partial charge in [-0.25, -0.2) is 9.59 Å². The van der Waals surface area contributed by atoms with Crippen LogP contribution in [-0.4, -0.2) is 77.5 Å². The number of hydrogen-bond donors (Lipinski definition) is 2. The van der Waals surface area contributed by atoms with Crippen molar-refractivity contribution >= 4 is 36.3 Å². The molecule has 42 heavy (non-hydrogen) atoms.